The SMILES string of the molecule is COc1ccc(Cc2cc(C(C)=O)cc(C)c2OC)cc1C. The smallest absolute Gasteiger partial charge is 0.159 e. The maximum Gasteiger partial charge on any atom is 0.159 e. The maximum atomic E-state index is 11.7. The first-order chi connectivity index (χ1) is 10.5. The molecule has 0 aliphatic rings. The van der Waals surface area contributed by atoms with Crippen LogP contribution in [0.1, 0.15) is 39.5 Å². The molecule has 0 fully saturated rings. The van der Waals surface area contributed by atoms with E-state index in [9.17, 15) is 4.79 Å². The molecule has 22 heavy (non-hydrogen) atoms. The Morgan fingerprint density at radius 3 is 2.27 bits per heavy atom. The van der Waals surface area contributed by atoms with Crippen molar-refractivity contribution in [1.82, 2.24) is 0 Å². The lowest BCUT2D eigenvalue weighted by Gasteiger charge is -2.14. The highest BCUT2D eigenvalue weighted by molar-refractivity contribution is 5.94. The number of carbonyl (C=O) groups is 1. The molecule has 2 aromatic rings. The summed E-state index contributed by atoms with van der Waals surface area (Å²) >= 11 is 0. The molecule has 0 unspecified atom stereocenters. The third-order valence-corrected chi connectivity index (χ3v) is 3.82. The van der Waals surface area contributed by atoms with E-state index in [1.807, 2.05) is 38.1 Å². The third kappa shape index (κ3) is 3.30. The minimum atomic E-state index is 0.0675. The Balaban J connectivity index is 2.43. The standard InChI is InChI=1S/C19H22O3/c1-12-8-15(6-7-18(12)21-4)10-17-11-16(14(3)20)9-13(2)19(17)22-5/h6-9,11H,10H2,1-5H3. The molecule has 0 N–H and O–H groups in total. The summed E-state index contributed by atoms with van der Waals surface area (Å²) in [4.78, 5) is 11.7. The minimum absolute atomic E-state index is 0.0675. The summed E-state index contributed by atoms with van der Waals surface area (Å²) in [6.45, 7) is 5.58. The second-order valence-electron chi connectivity index (χ2n) is 5.52. The van der Waals surface area contributed by atoms with Crippen molar-refractivity contribution in [3.05, 3.63) is 58.1 Å². The van der Waals surface area contributed by atoms with Gasteiger partial charge in [0.1, 0.15) is 11.5 Å². The predicted molar refractivity (Wildman–Crippen MR) is 88.3 cm³/mol. The molecular formula is C19H22O3. The van der Waals surface area contributed by atoms with Gasteiger partial charge in [-0.15, -0.1) is 0 Å². The van der Waals surface area contributed by atoms with E-state index in [1.165, 1.54) is 0 Å². The van der Waals surface area contributed by atoms with Crippen molar-refractivity contribution < 1.29 is 14.3 Å². The summed E-state index contributed by atoms with van der Waals surface area (Å²) in [7, 11) is 3.34. The van der Waals surface area contributed by atoms with Gasteiger partial charge in [0.25, 0.3) is 0 Å². The summed E-state index contributed by atoms with van der Waals surface area (Å²) in [6.07, 6.45) is 0.718. The number of Topliss-reactive ketones (excluding diaryl/α,β-unsaturated/α-hetero) is 1. The summed E-state index contributed by atoms with van der Waals surface area (Å²) in [5.41, 5.74) is 4.99. The van der Waals surface area contributed by atoms with Gasteiger partial charge in [-0.05, 0) is 61.2 Å². The zero-order chi connectivity index (χ0) is 16.3. The minimum Gasteiger partial charge on any atom is -0.496 e. The molecule has 0 bridgehead atoms. The summed E-state index contributed by atoms with van der Waals surface area (Å²) in [5.74, 6) is 1.79. The van der Waals surface area contributed by atoms with E-state index >= 15 is 0 Å². The van der Waals surface area contributed by atoms with E-state index < -0.39 is 0 Å². The number of aryl methyl sites for hydroxylation is 2. The quantitative estimate of drug-likeness (QED) is 0.779. The van der Waals surface area contributed by atoms with Crippen LogP contribution < -0.4 is 9.47 Å². The van der Waals surface area contributed by atoms with Crippen LogP contribution in [0.3, 0.4) is 0 Å². The molecule has 0 spiro atoms. The largest absolute Gasteiger partial charge is 0.496 e. The molecule has 0 aliphatic carbocycles. The molecule has 116 valence electrons. The lowest BCUT2D eigenvalue weighted by atomic mass is 9.96. The van der Waals surface area contributed by atoms with E-state index in [-0.39, 0.29) is 5.78 Å². The van der Waals surface area contributed by atoms with Crippen LogP contribution in [0.2, 0.25) is 0 Å². The second-order valence-corrected chi connectivity index (χ2v) is 5.52. The van der Waals surface area contributed by atoms with Crippen molar-refractivity contribution >= 4 is 5.78 Å². The van der Waals surface area contributed by atoms with Gasteiger partial charge in [-0.3, -0.25) is 4.79 Å². The van der Waals surface area contributed by atoms with Crippen molar-refractivity contribution in [2.45, 2.75) is 27.2 Å². The Kier molecular flexibility index (Phi) is 4.86. The molecule has 3 heteroatoms. The van der Waals surface area contributed by atoms with Crippen LogP contribution in [0, 0.1) is 13.8 Å². The van der Waals surface area contributed by atoms with Gasteiger partial charge in [-0.25, -0.2) is 0 Å². The van der Waals surface area contributed by atoms with Crippen LogP contribution in [0.25, 0.3) is 0 Å². The van der Waals surface area contributed by atoms with Gasteiger partial charge in [0.15, 0.2) is 5.78 Å². The van der Waals surface area contributed by atoms with E-state index in [1.54, 1.807) is 21.1 Å². The number of carbonyl (C=O) groups excluding carboxylic acids is 1. The van der Waals surface area contributed by atoms with Crippen LogP contribution >= 0.6 is 0 Å². The molecule has 0 saturated carbocycles. The lowest BCUT2D eigenvalue weighted by molar-refractivity contribution is 0.101. The van der Waals surface area contributed by atoms with E-state index in [2.05, 4.69) is 6.07 Å². The summed E-state index contributed by atoms with van der Waals surface area (Å²) < 4.78 is 10.8. The van der Waals surface area contributed by atoms with Gasteiger partial charge in [0.2, 0.25) is 0 Å². The average molecular weight is 298 g/mol. The second kappa shape index (κ2) is 6.65. The monoisotopic (exact) mass is 298 g/mol. The number of hydrogen-bond acceptors (Lipinski definition) is 3. The Bertz CT molecular complexity index is 702. The third-order valence-electron chi connectivity index (χ3n) is 3.82. The highest BCUT2D eigenvalue weighted by Crippen LogP contribution is 2.29. The van der Waals surface area contributed by atoms with E-state index in [4.69, 9.17) is 9.47 Å². The molecule has 2 aromatic carbocycles. The average Bonchev–Trinajstić information content (AvgIpc) is 2.47. The molecule has 0 aromatic heterocycles. The highest BCUT2D eigenvalue weighted by atomic mass is 16.5. The van der Waals surface area contributed by atoms with Crippen molar-refractivity contribution in [3.8, 4) is 11.5 Å². The number of ether oxygens (including phenoxy) is 2. The molecular weight excluding hydrogens is 276 g/mol. The van der Waals surface area contributed by atoms with Crippen LogP contribution in [0.4, 0.5) is 0 Å². The number of benzene rings is 2. The van der Waals surface area contributed by atoms with Gasteiger partial charge < -0.3 is 9.47 Å². The maximum absolute atomic E-state index is 11.7. The first kappa shape index (κ1) is 16.1. The fourth-order valence-electron chi connectivity index (χ4n) is 2.74. The Hall–Kier alpha value is -2.29. The fraction of sp³-hybridized carbons (Fsp3) is 0.316. The van der Waals surface area contributed by atoms with Crippen molar-refractivity contribution in [3.63, 3.8) is 0 Å². The zero-order valence-corrected chi connectivity index (χ0v) is 13.8. The van der Waals surface area contributed by atoms with Crippen molar-refractivity contribution in [1.29, 1.82) is 0 Å². The fourth-order valence-corrected chi connectivity index (χ4v) is 2.74. The number of ketones is 1. The number of hydrogen-bond donors (Lipinski definition) is 0. The van der Waals surface area contributed by atoms with Crippen LogP contribution in [-0.4, -0.2) is 20.0 Å². The molecule has 0 saturated heterocycles. The molecule has 3 nitrogen and oxygen atoms in total. The summed E-state index contributed by atoms with van der Waals surface area (Å²) in [6, 6.07) is 9.92. The lowest BCUT2D eigenvalue weighted by Crippen LogP contribution is -2.01. The van der Waals surface area contributed by atoms with Crippen LogP contribution in [0.5, 0.6) is 11.5 Å². The normalized spacial score (nSPS) is 10.4. The first-order valence-electron chi connectivity index (χ1n) is 7.28. The Morgan fingerprint density at radius 1 is 1.00 bits per heavy atom. The molecule has 0 heterocycles. The molecule has 2 rings (SSSR count). The van der Waals surface area contributed by atoms with Gasteiger partial charge >= 0.3 is 0 Å². The first-order valence-corrected chi connectivity index (χ1v) is 7.28. The van der Waals surface area contributed by atoms with Gasteiger partial charge in [-0.1, -0.05) is 12.1 Å². The topological polar surface area (TPSA) is 35.5 Å². The van der Waals surface area contributed by atoms with E-state index in [0.717, 1.165) is 45.7 Å². The predicted octanol–water partition coefficient (Wildman–Crippen LogP) is 4.11. The number of methoxy groups -OCH3 is 2. The summed E-state index contributed by atoms with van der Waals surface area (Å²) in [5, 5.41) is 0. The molecule has 0 atom stereocenters. The van der Waals surface area contributed by atoms with Crippen LogP contribution in [0.15, 0.2) is 30.3 Å². The van der Waals surface area contributed by atoms with Gasteiger partial charge in [-0.2, -0.15) is 0 Å². The molecule has 0 aliphatic heterocycles. The van der Waals surface area contributed by atoms with E-state index in [0.29, 0.717) is 0 Å². The molecule has 0 amide bonds. The number of rotatable bonds is 5. The zero-order valence-electron chi connectivity index (χ0n) is 13.8. The van der Waals surface area contributed by atoms with Crippen molar-refractivity contribution in [2.75, 3.05) is 14.2 Å². The van der Waals surface area contributed by atoms with Gasteiger partial charge in [0, 0.05) is 12.0 Å². The van der Waals surface area contributed by atoms with Crippen LogP contribution in [-0.2, 0) is 6.42 Å². The van der Waals surface area contributed by atoms with Crippen molar-refractivity contribution in [2.24, 2.45) is 0 Å². The van der Waals surface area contributed by atoms with Gasteiger partial charge in [0.05, 0.1) is 14.2 Å². The molecule has 0 radical (unpaired) electrons. The Morgan fingerprint density at radius 2 is 1.73 bits per heavy atom. The Labute approximate surface area is 131 Å². The highest BCUT2D eigenvalue weighted by Gasteiger charge is 2.12.